The Bertz CT molecular complexity index is 541. The van der Waals surface area contributed by atoms with E-state index in [1.807, 2.05) is 12.1 Å². The lowest BCUT2D eigenvalue weighted by atomic mass is 10.1. The van der Waals surface area contributed by atoms with Crippen LogP contribution in [0.15, 0.2) is 24.4 Å². The number of thiazole rings is 1. The quantitative estimate of drug-likeness (QED) is 0.925. The lowest BCUT2D eigenvalue weighted by Gasteiger charge is -2.06. The maximum atomic E-state index is 5.83. The summed E-state index contributed by atoms with van der Waals surface area (Å²) in [5, 5.41) is 4.33. The Hall–Kier alpha value is -1.26. The standard InChI is InChI=1S/C12H11ClN2OS/c13-11-6-15-12(17-11)7-14-9-1-2-10-8(5-9)3-4-16-10/h1-2,5-6,14H,3-4,7H2. The van der Waals surface area contributed by atoms with E-state index in [1.165, 1.54) is 16.9 Å². The van der Waals surface area contributed by atoms with Crippen molar-refractivity contribution in [2.75, 3.05) is 11.9 Å². The lowest BCUT2D eigenvalue weighted by molar-refractivity contribution is 0.357. The topological polar surface area (TPSA) is 34.2 Å². The van der Waals surface area contributed by atoms with E-state index in [0.29, 0.717) is 6.54 Å². The zero-order valence-corrected chi connectivity index (χ0v) is 10.6. The number of fused-ring (bicyclic) bond motifs is 1. The Kier molecular flexibility index (Phi) is 2.91. The zero-order chi connectivity index (χ0) is 11.7. The molecule has 0 aliphatic carbocycles. The zero-order valence-electron chi connectivity index (χ0n) is 9.07. The van der Waals surface area contributed by atoms with Gasteiger partial charge in [0, 0.05) is 12.1 Å². The minimum absolute atomic E-state index is 0.705. The highest BCUT2D eigenvalue weighted by atomic mass is 35.5. The number of rotatable bonds is 3. The molecule has 1 N–H and O–H groups in total. The molecule has 3 nitrogen and oxygen atoms in total. The van der Waals surface area contributed by atoms with Gasteiger partial charge < -0.3 is 10.1 Å². The molecule has 17 heavy (non-hydrogen) atoms. The van der Waals surface area contributed by atoms with Gasteiger partial charge in [-0.15, -0.1) is 11.3 Å². The molecule has 0 amide bonds. The fraction of sp³-hybridized carbons (Fsp3) is 0.250. The summed E-state index contributed by atoms with van der Waals surface area (Å²) in [5.41, 5.74) is 2.37. The number of nitrogens with zero attached hydrogens (tertiary/aromatic N) is 1. The van der Waals surface area contributed by atoms with E-state index in [1.54, 1.807) is 6.20 Å². The number of benzene rings is 1. The Morgan fingerprint density at radius 2 is 2.41 bits per heavy atom. The molecule has 0 atom stereocenters. The van der Waals surface area contributed by atoms with Crippen LogP contribution in [0.2, 0.25) is 4.34 Å². The number of hydrogen-bond acceptors (Lipinski definition) is 4. The molecule has 0 saturated heterocycles. The number of nitrogens with one attached hydrogen (secondary N) is 1. The second-order valence-corrected chi connectivity index (χ2v) is 5.58. The minimum Gasteiger partial charge on any atom is -0.493 e. The highest BCUT2D eigenvalue weighted by Gasteiger charge is 2.11. The maximum Gasteiger partial charge on any atom is 0.122 e. The van der Waals surface area contributed by atoms with Crippen LogP contribution in [0.4, 0.5) is 5.69 Å². The molecular weight excluding hydrogens is 256 g/mol. The normalized spacial score (nSPS) is 13.2. The molecule has 0 spiro atoms. The van der Waals surface area contributed by atoms with Crippen LogP contribution >= 0.6 is 22.9 Å². The van der Waals surface area contributed by atoms with E-state index >= 15 is 0 Å². The molecule has 2 heterocycles. The smallest absolute Gasteiger partial charge is 0.122 e. The van der Waals surface area contributed by atoms with Gasteiger partial charge in [-0.3, -0.25) is 0 Å². The van der Waals surface area contributed by atoms with E-state index < -0.39 is 0 Å². The molecule has 1 aliphatic heterocycles. The Balaban J connectivity index is 1.69. The van der Waals surface area contributed by atoms with E-state index in [2.05, 4.69) is 16.4 Å². The SMILES string of the molecule is Clc1cnc(CNc2ccc3c(c2)CCO3)s1. The molecule has 88 valence electrons. The van der Waals surface area contributed by atoms with Crippen molar-refractivity contribution in [2.45, 2.75) is 13.0 Å². The van der Waals surface area contributed by atoms with Crippen molar-refractivity contribution in [3.8, 4) is 5.75 Å². The molecule has 0 saturated carbocycles. The fourth-order valence-corrected chi connectivity index (χ4v) is 2.74. The third-order valence-electron chi connectivity index (χ3n) is 2.66. The third-order valence-corrected chi connectivity index (χ3v) is 3.77. The van der Waals surface area contributed by atoms with Gasteiger partial charge in [0.2, 0.25) is 0 Å². The van der Waals surface area contributed by atoms with Gasteiger partial charge >= 0.3 is 0 Å². The van der Waals surface area contributed by atoms with Gasteiger partial charge in [0.15, 0.2) is 0 Å². The summed E-state index contributed by atoms with van der Waals surface area (Å²) < 4.78 is 6.19. The summed E-state index contributed by atoms with van der Waals surface area (Å²) in [4.78, 5) is 4.20. The van der Waals surface area contributed by atoms with Gasteiger partial charge in [0.05, 0.1) is 19.3 Å². The molecule has 0 unspecified atom stereocenters. The molecule has 1 aromatic carbocycles. The van der Waals surface area contributed by atoms with Crippen LogP contribution in [0.5, 0.6) is 5.75 Å². The summed E-state index contributed by atoms with van der Waals surface area (Å²) in [6.45, 7) is 1.50. The van der Waals surface area contributed by atoms with Crippen LogP contribution in [-0.2, 0) is 13.0 Å². The van der Waals surface area contributed by atoms with Gasteiger partial charge in [-0.2, -0.15) is 0 Å². The van der Waals surface area contributed by atoms with Gasteiger partial charge in [-0.25, -0.2) is 4.98 Å². The average molecular weight is 267 g/mol. The maximum absolute atomic E-state index is 5.83. The van der Waals surface area contributed by atoms with Gasteiger partial charge in [0.1, 0.15) is 15.1 Å². The number of ether oxygens (including phenoxy) is 1. The monoisotopic (exact) mass is 266 g/mol. The van der Waals surface area contributed by atoms with Crippen LogP contribution in [0.1, 0.15) is 10.6 Å². The van der Waals surface area contributed by atoms with Gasteiger partial charge in [-0.1, -0.05) is 11.6 Å². The minimum atomic E-state index is 0.705. The van der Waals surface area contributed by atoms with Crippen molar-refractivity contribution in [1.29, 1.82) is 0 Å². The molecule has 0 radical (unpaired) electrons. The molecule has 0 fully saturated rings. The molecule has 5 heteroatoms. The van der Waals surface area contributed by atoms with Crippen molar-refractivity contribution >= 4 is 28.6 Å². The van der Waals surface area contributed by atoms with Crippen molar-refractivity contribution in [1.82, 2.24) is 4.98 Å². The largest absolute Gasteiger partial charge is 0.493 e. The van der Waals surface area contributed by atoms with Crippen molar-refractivity contribution in [3.05, 3.63) is 39.3 Å². The summed E-state index contributed by atoms with van der Waals surface area (Å²) in [6.07, 6.45) is 2.67. The van der Waals surface area contributed by atoms with Gasteiger partial charge in [0.25, 0.3) is 0 Å². The van der Waals surface area contributed by atoms with Crippen LogP contribution in [0.25, 0.3) is 0 Å². The molecule has 2 aromatic rings. The van der Waals surface area contributed by atoms with E-state index in [4.69, 9.17) is 16.3 Å². The lowest BCUT2D eigenvalue weighted by Crippen LogP contribution is -1.98. The Labute approximate surface area is 108 Å². The second-order valence-electron chi connectivity index (χ2n) is 3.83. The van der Waals surface area contributed by atoms with E-state index in [9.17, 15) is 0 Å². The number of anilines is 1. The molecule has 3 rings (SSSR count). The molecule has 1 aromatic heterocycles. The number of halogens is 1. The summed E-state index contributed by atoms with van der Waals surface area (Å²) in [7, 11) is 0. The molecule has 0 bridgehead atoms. The first-order valence-electron chi connectivity index (χ1n) is 5.41. The second kappa shape index (κ2) is 4.55. The first-order valence-corrected chi connectivity index (χ1v) is 6.60. The van der Waals surface area contributed by atoms with Crippen molar-refractivity contribution < 1.29 is 4.74 Å². The molecular formula is C12H11ClN2OS. The molecule has 1 aliphatic rings. The van der Waals surface area contributed by atoms with Crippen LogP contribution < -0.4 is 10.1 Å². The first kappa shape index (κ1) is 10.9. The summed E-state index contributed by atoms with van der Waals surface area (Å²) in [6, 6.07) is 6.18. The third kappa shape index (κ3) is 2.37. The number of hydrogen-bond donors (Lipinski definition) is 1. The van der Waals surface area contributed by atoms with Crippen LogP contribution in [-0.4, -0.2) is 11.6 Å². The van der Waals surface area contributed by atoms with Crippen molar-refractivity contribution in [2.24, 2.45) is 0 Å². The average Bonchev–Trinajstić information content (AvgIpc) is 2.94. The summed E-state index contributed by atoms with van der Waals surface area (Å²) in [5.74, 6) is 1.01. The first-order chi connectivity index (χ1) is 8.31. The van der Waals surface area contributed by atoms with Crippen LogP contribution in [0.3, 0.4) is 0 Å². The van der Waals surface area contributed by atoms with E-state index in [-0.39, 0.29) is 0 Å². The van der Waals surface area contributed by atoms with Crippen molar-refractivity contribution in [3.63, 3.8) is 0 Å². The highest BCUT2D eigenvalue weighted by molar-refractivity contribution is 7.15. The van der Waals surface area contributed by atoms with Crippen LogP contribution in [0, 0.1) is 0 Å². The van der Waals surface area contributed by atoms with E-state index in [0.717, 1.165) is 33.8 Å². The fourth-order valence-electron chi connectivity index (χ4n) is 1.84. The predicted molar refractivity (Wildman–Crippen MR) is 70.1 cm³/mol. The summed E-state index contributed by atoms with van der Waals surface area (Å²) >= 11 is 7.33. The Morgan fingerprint density at radius 1 is 1.47 bits per heavy atom. The Morgan fingerprint density at radius 3 is 3.24 bits per heavy atom. The predicted octanol–water partition coefficient (Wildman–Crippen LogP) is 3.34. The van der Waals surface area contributed by atoms with Gasteiger partial charge in [-0.05, 0) is 23.8 Å². The number of aromatic nitrogens is 1. The highest BCUT2D eigenvalue weighted by Crippen LogP contribution is 2.28.